The predicted molar refractivity (Wildman–Crippen MR) is 49.8 cm³/mol. The van der Waals surface area contributed by atoms with Crippen molar-refractivity contribution in [2.24, 2.45) is 0 Å². The lowest BCUT2D eigenvalue weighted by Crippen LogP contribution is -2.31. The molecular formula is C3H5BIN2O2P. The normalized spacial score (nSPS) is 11.1. The zero-order chi connectivity index (χ0) is 7.56. The van der Waals surface area contributed by atoms with Crippen molar-refractivity contribution in [3.8, 4) is 0 Å². The highest BCUT2D eigenvalue weighted by Gasteiger charge is 2.13. The van der Waals surface area contributed by atoms with E-state index in [4.69, 9.17) is 10.0 Å². The van der Waals surface area contributed by atoms with Crippen LogP contribution in [0.5, 0.6) is 0 Å². The van der Waals surface area contributed by atoms with Gasteiger partial charge in [-0.25, -0.2) is 4.45 Å². The van der Waals surface area contributed by atoms with E-state index in [0.29, 0.717) is 12.0 Å². The molecule has 1 rings (SSSR count). The van der Waals surface area contributed by atoms with Crippen molar-refractivity contribution >= 4 is 41.1 Å². The topological polar surface area (TPSA) is 58.3 Å². The molecule has 2 N–H and O–H groups in total. The highest BCUT2D eigenvalue weighted by atomic mass is 127. The number of rotatable bonds is 2. The molecule has 0 aliphatic carbocycles. The second kappa shape index (κ2) is 3.66. The smallest absolute Gasteiger partial charge is 0.422 e. The molecule has 1 aromatic rings. The molecule has 54 valence electrons. The average molecular weight is 270 g/mol. The SMILES string of the molecule is OB(O)c1ccn(PI)n1. The molecule has 0 saturated carbocycles. The van der Waals surface area contributed by atoms with Gasteiger partial charge in [0.2, 0.25) is 0 Å². The lowest BCUT2D eigenvalue weighted by Gasteiger charge is -1.91. The van der Waals surface area contributed by atoms with Crippen molar-refractivity contribution in [2.75, 3.05) is 0 Å². The molecule has 0 amide bonds. The van der Waals surface area contributed by atoms with Crippen molar-refractivity contribution in [3.05, 3.63) is 12.3 Å². The summed E-state index contributed by atoms with van der Waals surface area (Å²) in [6.07, 6.45) is 2.20. The highest BCUT2D eigenvalue weighted by molar-refractivity contribution is 14.2. The van der Waals surface area contributed by atoms with E-state index in [2.05, 4.69) is 27.1 Å². The van der Waals surface area contributed by atoms with Gasteiger partial charge >= 0.3 is 7.12 Å². The first-order valence-corrected chi connectivity index (χ1v) is 6.58. The van der Waals surface area contributed by atoms with E-state index < -0.39 is 7.12 Å². The predicted octanol–water partition coefficient (Wildman–Crippen LogP) is -0.646. The molecule has 1 atom stereocenters. The van der Waals surface area contributed by atoms with Gasteiger partial charge in [0.15, 0.2) is 0 Å². The summed E-state index contributed by atoms with van der Waals surface area (Å²) in [6, 6.07) is 1.58. The summed E-state index contributed by atoms with van der Waals surface area (Å²) in [4.78, 5) is 0. The average Bonchev–Trinajstić information content (AvgIpc) is 2.34. The van der Waals surface area contributed by atoms with Gasteiger partial charge in [-0.2, -0.15) is 5.10 Å². The lowest BCUT2D eigenvalue weighted by molar-refractivity contribution is 0.424. The van der Waals surface area contributed by atoms with Gasteiger partial charge in [0.25, 0.3) is 0 Å². The van der Waals surface area contributed by atoms with Crippen LogP contribution in [0.2, 0.25) is 0 Å². The Morgan fingerprint density at radius 1 is 1.70 bits per heavy atom. The van der Waals surface area contributed by atoms with Gasteiger partial charge < -0.3 is 10.0 Å². The Morgan fingerprint density at radius 3 is 2.70 bits per heavy atom. The number of halogens is 1. The van der Waals surface area contributed by atoms with Crippen LogP contribution in [-0.2, 0) is 0 Å². The minimum Gasteiger partial charge on any atom is -0.422 e. The molecular weight excluding hydrogens is 265 g/mol. The van der Waals surface area contributed by atoms with Crippen molar-refractivity contribution in [2.45, 2.75) is 0 Å². The van der Waals surface area contributed by atoms with Crippen LogP contribution in [0.3, 0.4) is 0 Å². The summed E-state index contributed by atoms with van der Waals surface area (Å²) in [5.41, 5.74) is 0.296. The third-order valence-electron chi connectivity index (χ3n) is 0.961. The van der Waals surface area contributed by atoms with E-state index in [0.717, 1.165) is 0 Å². The van der Waals surface area contributed by atoms with E-state index in [1.807, 2.05) is 0 Å². The largest absolute Gasteiger partial charge is 0.510 e. The Kier molecular flexibility index (Phi) is 3.09. The summed E-state index contributed by atoms with van der Waals surface area (Å²) in [6.45, 7) is 0. The Balaban J connectivity index is 2.78. The highest BCUT2D eigenvalue weighted by Crippen LogP contribution is 2.20. The van der Waals surface area contributed by atoms with Crippen molar-refractivity contribution < 1.29 is 10.0 Å². The Bertz CT molecular complexity index is 218. The number of aromatic nitrogens is 2. The van der Waals surface area contributed by atoms with Gasteiger partial charge in [-0.3, -0.25) is 0 Å². The minimum absolute atomic E-state index is 0.296. The third kappa shape index (κ3) is 1.92. The molecule has 0 aromatic carbocycles. The minimum atomic E-state index is -1.45. The zero-order valence-electron chi connectivity index (χ0n) is 4.90. The molecule has 0 bridgehead atoms. The van der Waals surface area contributed by atoms with Crippen LogP contribution in [-0.4, -0.2) is 26.7 Å². The molecule has 0 radical (unpaired) electrons. The lowest BCUT2D eigenvalue weighted by atomic mass is 9.87. The maximum absolute atomic E-state index is 8.61. The molecule has 0 aliphatic heterocycles. The molecule has 0 aliphatic rings. The van der Waals surface area contributed by atoms with Gasteiger partial charge in [0.05, 0.1) is 12.0 Å². The molecule has 0 spiro atoms. The van der Waals surface area contributed by atoms with Gasteiger partial charge in [-0.15, -0.1) is 0 Å². The van der Waals surface area contributed by atoms with E-state index >= 15 is 0 Å². The van der Waals surface area contributed by atoms with Crippen LogP contribution >= 0.6 is 28.4 Å². The van der Waals surface area contributed by atoms with Gasteiger partial charge in [-0.1, -0.05) is 0 Å². The first-order chi connectivity index (χ1) is 4.74. The quantitative estimate of drug-likeness (QED) is 0.426. The van der Waals surface area contributed by atoms with Crippen molar-refractivity contribution in [3.63, 3.8) is 0 Å². The zero-order valence-corrected chi connectivity index (χ0v) is 8.06. The van der Waals surface area contributed by atoms with E-state index in [9.17, 15) is 0 Å². The van der Waals surface area contributed by atoms with Crippen LogP contribution in [0, 0.1) is 0 Å². The fourth-order valence-corrected chi connectivity index (χ4v) is 1.61. The van der Waals surface area contributed by atoms with Gasteiger partial charge in [0.1, 0.15) is 0 Å². The van der Waals surface area contributed by atoms with Gasteiger partial charge in [-0.05, 0) is 28.1 Å². The molecule has 0 fully saturated rings. The van der Waals surface area contributed by atoms with Crippen LogP contribution in [0.4, 0.5) is 0 Å². The first-order valence-electron chi connectivity index (χ1n) is 2.52. The Morgan fingerprint density at radius 2 is 2.40 bits per heavy atom. The summed E-state index contributed by atoms with van der Waals surface area (Å²) >= 11 is 2.16. The molecule has 1 aromatic heterocycles. The molecule has 4 nitrogen and oxygen atoms in total. The molecule has 1 unspecified atom stereocenters. The van der Waals surface area contributed by atoms with E-state index in [1.54, 1.807) is 16.7 Å². The summed E-state index contributed by atoms with van der Waals surface area (Å²) in [5.74, 6) is 0. The Labute approximate surface area is 73.1 Å². The molecule has 10 heavy (non-hydrogen) atoms. The summed E-state index contributed by atoms with van der Waals surface area (Å²) in [5, 5.41) is 21.1. The number of nitrogens with zero attached hydrogens (tertiary/aromatic N) is 2. The fraction of sp³-hybridized carbons (Fsp3) is 0. The van der Waals surface area contributed by atoms with Gasteiger partial charge in [0, 0.05) is 6.20 Å². The second-order valence-electron chi connectivity index (χ2n) is 1.64. The van der Waals surface area contributed by atoms with E-state index in [1.165, 1.54) is 0 Å². The van der Waals surface area contributed by atoms with Crippen LogP contribution < -0.4 is 5.59 Å². The fourth-order valence-electron chi connectivity index (χ4n) is 0.523. The van der Waals surface area contributed by atoms with Crippen LogP contribution in [0.1, 0.15) is 0 Å². The van der Waals surface area contributed by atoms with Crippen LogP contribution in [0.25, 0.3) is 0 Å². The standard InChI is InChI=1S/C3H5BIN2O2P/c5-10-7-2-1-3(6-7)4(8)9/h1-2,8-10H. The third-order valence-corrected chi connectivity index (χ3v) is 2.87. The number of hydrogen-bond donors (Lipinski definition) is 2. The second-order valence-corrected chi connectivity index (χ2v) is 3.72. The molecule has 7 heteroatoms. The molecule has 1 heterocycles. The van der Waals surface area contributed by atoms with Crippen LogP contribution in [0.15, 0.2) is 12.3 Å². The maximum Gasteiger partial charge on any atom is 0.510 e. The monoisotopic (exact) mass is 270 g/mol. The van der Waals surface area contributed by atoms with E-state index in [-0.39, 0.29) is 0 Å². The summed E-state index contributed by atoms with van der Waals surface area (Å²) < 4.78 is 1.65. The molecule has 0 saturated heterocycles. The first kappa shape index (κ1) is 8.45. The van der Waals surface area contributed by atoms with Crippen molar-refractivity contribution in [1.29, 1.82) is 0 Å². The maximum atomic E-state index is 8.61. The summed E-state index contributed by atoms with van der Waals surface area (Å²) in [7, 11) is -1.45. The Hall–Kier alpha value is 0.355. The van der Waals surface area contributed by atoms with Crippen molar-refractivity contribution in [1.82, 2.24) is 9.55 Å². The number of hydrogen-bond acceptors (Lipinski definition) is 3.